The van der Waals surface area contributed by atoms with Crippen LogP contribution < -0.4 is 20.3 Å². The number of aryl methyl sites for hydroxylation is 1. The third-order valence-corrected chi connectivity index (χ3v) is 6.26. The predicted octanol–water partition coefficient (Wildman–Crippen LogP) is 3.00. The highest BCUT2D eigenvalue weighted by Crippen LogP contribution is 2.30. The Morgan fingerprint density at radius 3 is 2.58 bits per heavy atom. The number of pyridine rings is 2. The fourth-order valence-corrected chi connectivity index (χ4v) is 4.84. The van der Waals surface area contributed by atoms with Gasteiger partial charge in [-0.1, -0.05) is 0 Å². The molecule has 5 aromatic heterocycles. The van der Waals surface area contributed by atoms with Crippen LogP contribution in [0, 0.1) is 6.92 Å². The second-order valence-corrected chi connectivity index (χ2v) is 9.46. The van der Waals surface area contributed by atoms with Crippen molar-refractivity contribution in [1.29, 1.82) is 0 Å². The van der Waals surface area contributed by atoms with Gasteiger partial charge in [-0.05, 0) is 20.8 Å². The minimum atomic E-state index is -0.357. The van der Waals surface area contributed by atoms with Gasteiger partial charge < -0.3 is 24.7 Å². The summed E-state index contributed by atoms with van der Waals surface area (Å²) < 4.78 is 7.83. The number of fused-ring (bicyclic) bond motifs is 2. The third kappa shape index (κ3) is 4.57. The number of rotatable bonds is 5. The van der Waals surface area contributed by atoms with Crippen LogP contribution in [0.2, 0.25) is 0 Å². The maximum atomic E-state index is 13.5. The van der Waals surface area contributed by atoms with Crippen molar-refractivity contribution >= 4 is 34.1 Å². The molecule has 6 heterocycles. The van der Waals surface area contributed by atoms with Gasteiger partial charge in [-0.3, -0.25) is 9.78 Å². The largest absolute Gasteiger partial charge is 0.452 e. The lowest BCUT2D eigenvalue weighted by molar-refractivity contribution is 0.102. The molecule has 0 spiro atoms. The van der Waals surface area contributed by atoms with Gasteiger partial charge >= 0.3 is 0 Å². The molecule has 1 fully saturated rings. The zero-order valence-electron chi connectivity index (χ0n) is 21.2. The zero-order chi connectivity index (χ0) is 26.2. The molecule has 0 aromatic carbocycles. The smallest absolute Gasteiger partial charge is 0.259 e. The van der Waals surface area contributed by atoms with Crippen LogP contribution in [0.1, 0.15) is 29.9 Å². The van der Waals surface area contributed by atoms with E-state index in [1.165, 1.54) is 6.20 Å². The van der Waals surface area contributed by atoms with E-state index in [4.69, 9.17) is 4.74 Å². The monoisotopic (exact) mass is 510 g/mol. The highest BCUT2D eigenvalue weighted by Gasteiger charge is 2.26. The number of ether oxygens (including phenoxy) is 1. The number of nitrogens with one attached hydrogen (secondary N) is 2. The first kappa shape index (κ1) is 23.7. The molecule has 5 aromatic rings. The first-order chi connectivity index (χ1) is 18.4. The van der Waals surface area contributed by atoms with Crippen molar-refractivity contribution in [2.45, 2.75) is 32.9 Å². The van der Waals surface area contributed by atoms with Crippen LogP contribution in [-0.4, -0.2) is 65.6 Å². The van der Waals surface area contributed by atoms with Crippen molar-refractivity contribution in [3.8, 4) is 11.5 Å². The van der Waals surface area contributed by atoms with Crippen molar-refractivity contribution in [3.05, 3.63) is 66.8 Å². The van der Waals surface area contributed by atoms with Crippen LogP contribution in [0.4, 0.5) is 11.5 Å². The Labute approximate surface area is 218 Å². The number of hydrogen-bond acceptors (Lipinski definition) is 10. The van der Waals surface area contributed by atoms with Crippen LogP contribution in [0.3, 0.4) is 0 Å². The molecule has 2 atom stereocenters. The summed E-state index contributed by atoms with van der Waals surface area (Å²) in [6, 6.07) is 4.02. The maximum absolute atomic E-state index is 13.5. The van der Waals surface area contributed by atoms with E-state index in [-0.39, 0.29) is 5.91 Å². The molecule has 1 aliphatic heterocycles. The van der Waals surface area contributed by atoms with Crippen molar-refractivity contribution < 1.29 is 9.53 Å². The molecule has 0 bridgehead atoms. The number of anilines is 2. The molecular weight excluding hydrogens is 484 g/mol. The van der Waals surface area contributed by atoms with E-state index in [1.54, 1.807) is 47.5 Å². The number of nitrogens with zero attached hydrogens (tertiary/aromatic N) is 8. The lowest BCUT2D eigenvalue weighted by atomic mass is 10.1. The summed E-state index contributed by atoms with van der Waals surface area (Å²) in [6.07, 6.45) is 11.5. The summed E-state index contributed by atoms with van der Waals surface area (Å²) >= 11 is 0. The van der Waals surface area contributed by atoms with Crippen LogP contribution >= 0.6 is 0 Å². The normalized spacial score (nSPS) is 17.6. The number of aromatic nitrogens is 7. The summed E-state index contributed by atoms with van der Waals surface area (Å²) in [6.45, 7) is 7.74. The number of carbonyl (C=O) groups is 1. The number of hydrogen-bond donors (Lipinski definition) is 2. The highest BCUT2D eigenvalue weighted by molar-refractivity contribution is 6.12. The SMILES string of the molecule is Cc1cn2cc(NC(=O)c3cnc(N4C[C@H](C)N[C@@H](C)C4)c4nccnc34)cc(Oc3ccnnc3)c2n1. The van der Waals surface area contributed by atoms with Crippen LogP contribution in [0.15, 0.2) is 55.5 Å². The molecule has 1 aliphatic rings. The quantitative estimate of drug-likeness (QED) is 0.363. The fraction of sp³-hybridized carbons (Fsp3) is 0.269. The minimum Gasteiger partial charge on any atom is -0.452 e. The predicted molar refractivity (Wildman–Crippen MR) is 142 cm³/mol. The van der Waals surface area contributed by atoms with Crippen LogP contribution in [0.5, 0.6) is 11.5 Å². The van der Waals surface area contributed by atoms with Gasteiger partial charge in [0.05, 0.1) is 29.3 Å². The number of amides is 1. The lowest BCUT2D eigenvalue weighted by Gasteiger charge is -2.37. The first-order valence-electron chi connectivity index (χ1n) is 12.3. The van der Waals surface area contributed by atoms with Crippen molar-refractivity contribution in [3.63, 3.8) is 0 Å². The van der Waals surface area contributed by atoms with Crippen molar-refractivity contribution in [2.75, 3.05) is 23.3 Å². The van der Waals surface area contributed by atoms with Crippen LogP contribution in [-0.2, 0) is 0 Å². The molecule has 0 saturated carbocycles. The van der Waals surface area contributed by atoms with E-state index in [1.807, 2.05) is 13.1 Å². The van der Waals surface area contributed by atoms with Gasteiger partial charge in [0.2, 0.25) is 0 Å². The molecule has 192 valence electrons. The summed E-state index contributed by atoms with van der Waals surface area (Å²) in [5.74, 6) is 1.33. The van der Waals surface area contributed by atoms with Crippen molar-refractivity contribution in [2.24, 2.45) is 0 Å². The van der Waals surface area contributed by atoms with E-state index in [2.05, 4.69) is 59.5 Å². The summed E-state index contributed by atoms with van der Waals surface area (Å²) in [5.41, 5.74) is 3.35. The number of carbonyl (C=O) groups excluding carboxylic acids is 1. The molecule has 0 radical (unpaired) electrons. The molecule has 6 rings (SSSR count). The van der Waals surface area contributed by atoms with Crippen molar-refractivity contribution in [1.82, 2.24) is 39.9 Å². The summed E-state index contributed by atoms with van der Waals surface area (Å²) in [4.78, 5) is 34.0. The second kappa shape index (κ2) is 9.63. The minimum absolute atomic E-state index is 0.302. The average molecular weight is 511 g/mol. The molecular formula is C26H26N10O2. The molecule has 2 N–H and O–H groups in total. The zero-order valence-corrected chi connectivity index (χ0v) is 21.2. The van der Waals surface area contributed by atoms with Gasteiger partial charge in [-0.25, -0.2) is 15.0 Å². The summed E-state index contributed by atoms with van der Waals surface area (Å²) in [5, 5.41) is 14.1. The Morgan fingerprint density at radius 2 is 1.82 bits per heavy atom. The second-order valence-electron chi connectivity index (χ2n) is 9.46. The van der Waals surface area contributed by atoms with Gasteiger partial charge in [-0.15, -0.1) is 0 Å². The van der Waals surface area contributed by atoms with E-state index in [9.17, 15) is 4.79 Å². The van der Waals surface area contributed by atoms with E-state index in [0.717, 1.165) is 24.6 Å². The Kier molecular flexibility index (Phi) is 6.00. The Hall–Kier alpha value is -4.71. The Morgan fingerprint density at radius 1 is 1.03 bits per heavy atom. The Bertz CT molecular complexity index is 1630. The molecule has 0 aliphatic carbocycles. The van der Waals surface area contributed by atoms with E-state index in [0.29, 0.717) is 51.5 Å². The average Bonchev–Trinajstić information content (AvgIpc) is 3.28. The molecule has 12 heteroatoms. The topological polar surface area (TPSA) is 135 Å². The highest BCUT2D eigenvalue weighted by atomic mass is 16.5. The molecule has 1 saturated heterocycles. The van der Waals surface area contributed by atoms with Crippen LogP contribution in [0.25, 0.3) is 16.7 Å². The van der Waals surface area contributed by atoms with Gasteiger partial charge in [0.1, 0.15) is 16.8 Å². The lowest BCUT2D eigenvalue weighted by Crippen LogP contribution is -2.54. The molecule has 1 amide bonds. The van der Waals surface area contributed by atoms with Gasteiger partial charge in [0.25, 0.3) is 5.91 Å². The van der Waals surface area contributed by atoms with Gasteiger partial charge in [0, 0.05) is 68.3 Å². The molecule has 38 heavy (non-hydrogen) atoms. The van der Waals surface area contributed by atoms with E-state index >= 15 is 0 Å². The number of piperazine rings is 1. The van der Waals surface area contributed by atoms with Gasteiger partial charge in [-0.2, -0.15) is 10.2 Å². The molecule has 12 nitrogen and oxygen atoms in total. The summed E-state index contributed by atoms with van der Waals surface area (Å²) in [7, 11) is 0. The fourth-order valence-electron chi connectivity index (χ4n) is 4.84. The Balaban J connectivity index is 1.34. The molecule has 0 unspecified atom stereocenters. The maximum Gasteiger partial charge on any atom is 0.259 e. The standard InChI is InChI=1S/C26H26N10O2/c1-15-11-35(12-16(2)32-15)25-23-22(27-6-7-28-23)20(10-29-25)26(37)34-18-8-21(38-19-4-5-30-31-9-19)24-33-17(3)13-36(24)14-18/h4-10,13-16,32H,11-12H2,1-3H3,(H,34,37)/t15-,16-/m0/s1. The number of imidazole rings is 1. The van der Waals surface area contributed by atoms with E-state index < -0.39 is 0 Å². The third-order valence-electron chi connectivity index (χ3n) is 6.26. The first-order valence-corrected chi connectivity index (χ1v) is 12.3. The van der Waals surface area contributed by atoms with Gasteiger partial charge in [0.15, 0.2) is 17.2 Å².